The number of benzene rings is 1. The molecule has 0 spiro atoms. The molecular weight excluding hydrogens is 393 g/mol. The Balaban J connectivity index is 3.31. The Morgan fingerprint density at radius 3 is 2.65 bits per heavy atom. The molecule has 0 fully saturated rings. The van der Waals surface area contributed by atoms with Crippen LogP contribution in [-0.2, 0) is 10.0 Å². The zero-order valence-electron chi connectivity index (χ0n) is 10.8. The van der Waals surface area contributed by atoms with Crippen LogP contribution in [0.4, 0.5) is 0 Å². The quantitative estimate of drug-likeness (QED) is 0.579. The number of halogens is 1. The van der Waals surface area contributed by atoms with Gasteiger partial charge in [0.25, 0.3) is 0 Å². The number of carboxylic acid groups (broad SMARTS) is 1. The first-order valence-electron chi connectivity index (χ1n) is 5.81. The highest BCUT2D eigenvalue weighted by Crippen LogP contribution is 2.21. The smallest absolute Gasteiger partial charge is 0.336 e. The maximum atomic E-state index is 12.4. The van der Waals surface area contributed by atoms with Gasteiger partial charge in [0.1, 0.15) is 0 Å². The van der Waals surface area contributed by atoms with Crippen molar-refractivity contribution >= 4 is 38.6 Å². The Morgan fingerprint density at radius 1 is 1.50 bits per heavy atom. The molecule has 0 aromatic heterocycles. The van der Waals surface area contributed by atoms with Crippen molar-refractivity contribution in [3.8, 4) is 12.3 Å². The van der Waals surface area contributed by atoms with Crippen LogP contribution in [-0.4, -0.2) is 36.9 Å². The van der Waals surface area contributed by atoms with Crippen LogP contribution in [0.2, 0.25) is 0 Å². The molecule has 0 atom stereocenters. The molecule has 1 N–H and O–H groups in total. The fraction of sp³-hybridized carbons (Fsp3) is 0.308. The molecule has 1 aromatic rings. The minimum atomic E-state index is -3.77. The average molecular weight is 407 g/mol. The highest BCUT2D eigenvalue weighted by Gasteiger charge is 2.24. The minimum Gasteiger partial charge on any atom is -0.478 e. The van der Waals surface area contributed by atoms with Gasteiger partial charge in [-0.15, -0.1) is 6.42 Å². The van der Waals surface area contributed by atoms with E-state index in [0.717, 1.165) is 0 Å². The number of aromatic carboxylic acids is 1. The van der Waals surface area contributed by atoms with Crippen molar-refractivity contribution in [2.24, 2.45) is 0 Å². The lowest BCUT2D eigenvalue weighted by atomic mass is 10.2. The lowest BCUT2D eigenvalue weighted by Crippen LogP contribution is -2.32. The molecule has 1 aromatic carbocycles. The van der Waals surface area contributed by atoms with Crippen LogP contribution in [0.5, 0.6) is 0 Å². The molecular formula is C13H14INO4S. The second-order valence-electron chi connectivity index (χ2n) is 3.99. The molecule has 0 bridgehead atoms. The molecule has 1 rings (SSSR count). The Hall–Kier alpha value is -1.11. The SMILES string of the molecule is C#CCN(CCC)S(=O)(=O)c1ccc(I)c(C(=O)O)c1. The molecule has 0 saturated heterocycles. The summed E-state index contributed by atoms with van der Waals surface area (Å²) in [5.74, 6) is 1.14. The van der Waals surface area contributed by atoms with Gasteiger partial charge in [0.15, 0.2) is 0 Å². The van der Waals surface area contributed by atoms with Crippen molar-refractivity contribution < 1.29 is 18.3 Å². The van der Waals surface area contributed by atoms with Crippen LogP contribution < -0.4 is 0 Å². The largest absolute Gasteiger partial charge is 0.478 e. The number of carboxylic acids is 1. The molecule has 0 unspecified atom stereocenters. The van der Waals surface area contributed by atoms with Crippen LogP contribution >= 0.6 is 22.6 Å². The summed E-state index contributed by atoms with van der Waals surface area (Å²) < 4.78 is 26.5. The van der Waals surface area contributed by atoms with Gasteiger partial charge < -0.3 is 5.11 Å². The number of sulfonamides is 1. The van der Waals surface area contributed by atoms with Gasteiger partial charge in [-0.3, -0.25) is 0 Å². The first-order valence-corrected chi connectivity index (χ1v) is 8.33. The van der Waals surface area contributed by atoms with Gasteiger partial charge in [-0.25, -0.2) is 13.2 Å². The van der Waals surface area contributed by atoms with Crippen molar-refractivity contribution in [2.75, 3.05) is 13.1 Å². The first kappa shape index (κ1) is 16.9. The highest BCUT2D eigenvalue weighted by molar-refractivity contribution is 14.1. The maximum Gasteiger partial charge on any atom is 0.336 e. The zero-order chi connectivity index (χ0) is 15.3. The summed E-state index contributed by atoms with van der Waals surface area (Å²) >= 11 is 1.85. The standard InChI is InChI=1S/C13H14INO4S/c1-3-7-15(8-4-2)20(18,19)10-5-6-12(14)11(9-10)13(16)17/h1,5-6,9H,4,7-8H2,2H3,(H,16,17). The number of hydrogen-bond donors (Lipinski definition) is 1. The summed E-state index contributed by atoms with van der Waals surface area (Å²) in [4.78, 5) is 11.0. The first-order chi connectivity index (χ1) is 9.34. The number of nitrogens with zero attached hydrogens (tertiary/aromatic N) is 1. The van der Waals surface area contributed by atoms with E-state index in [1.807, 2.05) is 29.5 Å². The van der Waals surface area contributed by atoms with Crippen molar-refractivity contribution in [1.82, 2.24) is 4.31 Å². The minimum absolute atomic E-state index is 0.0371. The van der Waals surface area contributed by atoms with Gasteiger partial charge in [-0.2, -0.15) is 4.31 Å². The third-order valence-electron chi connectivity index (χ3n) is 2.55. The van der Waals surface area contributed by atoms with E-state index in [1.165, 1.54) is 22.5 Å². The summed E-state index contributed by atoms with van der Waals surface area (Å²) in [6.07, 6.45) is 5.81. The number of terminal acetylenes is 1. The highest BCUT2D eigenvalue weighted by atomic mass is 127. The van der Waals surface area contributed by atoms with Crippen molar-refractivity contribution in [3.05, 3.63) is 27.3 Å². The topological polar surface area (TPSA) is 74.7 Å². The Labute approximate surface area is 132 Å². The van der Waals surface area contributed by atoms with Gasteiger partial charge in [0.05, 0.1) is 17.0 Å². The van der Waals surface area contributed by atoms with E-state index in [2.05, 4.69) is 5.92 Å². The van der Waals surface area contributed by atoms with Crippen LogP contribution in [0.15, 0.2) is 23.1 Å². The third-order valence-corrected chi connectivity index (χ3v) is 5.33. The lowest BCUT2D eigenvalue weighted by molar-refractivity contribution is 0.0695. The molecule has 0 radical (unpaired) electrons. The van der Waals surface area contributed by atoms with Gasteiger partial charge >= 0.3 is 5.97 Å². The lowest BCUT2D eigenvalue weighted by Gasteiger charge is -2.19. The van der Waals surface area contributed by atoms with E-state index >= 15 is 0 Å². The van der Waals surface area contributed by atoms with Gasteiger partial charge in [-0.1, -0.05) is 12.8 Å². The van der Waals surface area contributed by atoms with E-state index in [4.69, 9.17) is 11.5 Å². The molecule has 0 aliphatic heterocycles. The predicted octanol–water partition coefficient (Wildman–Crippen LogP) is 2.02. The van der Waals surface area contributed by atoms with Crippen molar-refractivity contribution in [1.29, 1.82) is 0 Å². The van der Waals surface area contributed by atoms with Crippen LogP contribution in [0.25, 0.3) is 0 Å². The normalized spacial score (nSPS) is 11.3. The predicted molar refractivity (Wildman–Crippen MR) is 84.0 cm³/mol. The maximum absolute atomic E-state index is 12.4. The molecule has 20 heavy (non-hydrogen) atoms. The van der Waals surface area contributed by atoms with Crippen LogP contribution in [0, 0.1) is 15.9 Å². The summed E-state index contributed by atoms with van der Waals surface area (Å²) in [5.41, 5.74) is -0.0381. The van der Waals surface area contributed by atoms with E-state index < -0.39 is 16.0 Å². The number of carbonyl (C=O) groups is 1. The van der Waals surface area contributed by atoms with Gasteiger partial charge in [0.2, 0.25) is 10.0 Å². The average Bonchev–Trinajstić information content (AvgIpc) is 2.38. The second kappa shape index (κ2) is 7.06. The summed E-state index contributed by atoms with van der Waals surface area (Å²) in [7, 11) is -3.77. The number of rotatable bonds is 6. The fourth-order valence-electron chi connectivity index (χ4n) is 1.61. The molecule has 108 valence electrons. The van der Waals surface area contributed by atoms with Gasteiger partial charge in [-0.05, 0) is 47.2 Å². The summed E-state index contributed by atoms with van der Waals surface area (Å²) in [6.45, 7) is 2.10. The Morgan fingerprint density at radius 2 is 2.15 bits per heavy atom. The van der Waals surface area contributed by atoms with Crippen molar-refractivity contribution in [2.45, 2.75) is 18.2 Å². The van der Waals surface area contributed by atoms with Crippen LogP contribution in [0.3, 0.4) is 0 Å². The molecule has 0 aliphatic carbocycles. The van der Waals surface area contributed by atoms with E-state index in [-0.39, 0.29) is 17.0 Å². The molecule has 0 aliphatic rings. The molecule has 0 heterocycles. The molecule has 0 saturated carbocycles. The van der Waals surface area contributed by atoms with Crippen LogP contribution in [0.1, 0.15) is 23.7 Å². The fourth-order valence-corrected chi connectivity index (χ4v) is 3.65. The molecule has 0 amide bonds. The molecule has 7 heteroatoms. The monoisotopic (exact) mass is 407 g/mol. The van der Waals surface area contributed by atoms with E-state index in [0.29, 0.717) is 16.5 Å². The zero-order valence-corrected chi connectivity index (χ0v) is 13.8. The molecule has 5 nitrogen and oxygen atoms in total. The second-order valence-corrected chi connectivity index (χ2v) is 7.09. The Bertz CT molecular complexity index is 649. The van der Waals surface area contributed by atoms with E-state index in [9.17, 15) is 13.2 Å². The number of hydrogen-bond acceptors (Lipinski definition) is 3. The summed E-state index contributed by atoms with van der Waals surface area (Å²) in [6, 6.07) is 4.03. The Kier molecular flexibility index (Phi) is 5.98. The third kappa shape index (κ3) is 3.71. The van der Waals surface area contributed by atoms with Gasteiger partial charge in [0, 0.05) is 10.1 Å². The van der Waals surface area contributed by atoms with Crippen molar-refractivity contribution in [3.63, 3.8) is 0 Å². The summed E-state index contributed by atoms with van der Waals surface area (Å²) in [5, 5.41) is 9.06. The van der Waals surface area contributed by atoms with E-state index in [1.54, 1.807) is 0 Å².